The highest BCUT2D eigenvalue weighted by molar-refractivity contribution is 6.35. The summed E-state index contributed by atoms with van der Waals surface area (Å²) < 4.78 is 13.3. The molecule has 0 fully saturated rings. The fourth-order valence-electron chi connectivity index (χ4n) is 1.31. The van der Waals surface area contributed by atoms with Crippen LogP contribution in [-0.2, 0) is 0 Å². The first-order chi connectivity index (χ1) is 6.59. The lowest BCUT2D eigenvalue weighted by molar-refractivity contribution is 0.639. The molecular formula is C10H8ClFN2. The second kappa shape index (κ2) is 3.10. The summed E-state index contributed by atoms with van der Waals surface area (Å²) in [5, 5.41) is 0.817. The van der Waals surface area contributed by atoms with Gasteiger partial charge in [0.05, 0.1) is 10.5 Å². The summed E-state index contributed by atoms with van der Waals surface area (Å²) in [6.45, 7) is 1.78. The van der Waals surface area contributed by atoms with Crippen molar-refractivity contribution in [3.8, 4) is 0 Å². The number of nitrogens with two attached hydrogens (primary N) is 1. The molecule has 2 rings (SSSR count). The van der Waals surface area contributed by atoms with Crippen LogP contribution in [0.1, 0.15) is 5.56 Å². The minimum Gasteiger partial charge on any atom is -0.383 e. The molecule has 14 heavy (non-hydrogen) atoms. The number of halogens is 2. The van der Waals surface area contributed by atoms with Crippen LogP contribution in [0.5, 0.6) is 0 Å². The Morgan fingerprint density at radius 3 is 2.86 bits per heavy atom. The van der Waals surface area contributed by atoms with Gasteiger partial charge in [-0.05, 0) is 30.7 Å². The van der Waals surface area contributed by atoms with Crippen molar-refractivity contribution >= 4 is 28.3 Å². The van der Waals surface area contributed by atoms with Crippen LogP contribution in [0.3, 0.4) is 0 Å². The van der Waals surface area contributed by atoms with E-state index < -0.39 is 0 Å². The molecule has 0 aliphatic carbocycles. The van der Waals surface area contributed by atoms with Crippen molar-refractivity contribution in [3.63, 3.8) is 0 Å². The van der Waals surface area contributed by atoms with E-state index in [1.54, 1.807) is 13.0 Å². The fraction of sp³-hybridized carbons (Fsp3) is 0.100. The lowest BCUT2D eigenvalue weighted by atomic mass is 10.1. The molecule has 2 nitrogen and oxygen atoms in total. The molecule has 0 amide bonds. The topological polar surface area (TPSA) is 38.9 Å². The van der Waals surface area contributed by atoms with Crippen LogP contribution in [0.2, 0.25) is 5.02 Å². The number of pyridine rings is 1. The van der Waals surface area contributed by atoms with Gasteiger partial charge in [0.25, 0.3) is 0 Å². The summed E-state index contributed by atoms with van der Waals surface area (Å²) in [5.41, 5.74) is 6.77. The molecule has 0 bridgehead atoms. The van der Waals surface area contributed by atoms with Crippen molar-refractivity contribution in [3.05, 3.63) is 34.6 Å². The number of anilines is 1. The maximum atomic E-state index is 13.3. The molecule has 1 heterocycles. The van der Waals surface area contributed by atoms with Crippen LogP contribution in [0.15, 0.2) is 18.2 Å². The highest BCUT2D eigenvalue weighted by Gasteiger charge is 2.07. The maximum Gasteiger partial charge on any atom is 0.132 e. The SMILES string of the molecule is Cc1cc2c(F)ccc(Cl)c2nc1N. The molecule has 0 saturated heterocycles. The first-order valence-electron chi connectivity index (χ1n) is 4.10. The van der Waals surface area contributed by atoms with Crippen molar-refractivity contribution in [2.45, 2.75) is 6.92 Å². The zero-order valence-electron chi connectivity index (χ0n) is 7.51. The average Bonchev–Trinajstić information content (AvgIpc) is 2.15. The number of hydrogen-bond acceptors (Lipinski definition) is 2. The van der Waals surface area contributed by atoms with E-state index in [9.17, 15) is 4.39 Å². The minimum atomic E-state index is -0.333. The number of nitrogens with zero attached hydrogens (tertiary/aromatic N) is 1. The number of nitrogen functional groups attached to an aromatic ring is 1. The Balaban J connectivity index is 2.94. The highest BCUT2D eigenvalue weighted by Crippen LogP contribution is 2.26. The molecule has 1 aromatic carbocycles. The fourth-order valence-corrected chi connectivity index (χ4v) is 1.51. The zero-order valence-corrected chi connectivity index (χ0v) is 8.27. The summed E-state index contributed by atoms with van der Waals surface area (Å²) in [4.78, 5) is 4.04. The van der Waals surface area contributed by atoms with E-state index in [0.29, 0.717) is 21.7 Å². The van der Waals surface area contributed by atoms with Crippen LogP contribution < -0.4 is 5.73 Å². The molecule has 0 aliphatic heterocycles. The first-order valence-corrected chi connectivity index (χ1v) is 4.48. The largest absolute Gasteiger partial charge is 0.383 e. The highest BCUT2D eigenvalue weighted by atomic mass is 35.5. The minimum absolute atomic E-state index is 0.333. The average molecular weight is 211 g/mol. The van der Waals surface area contributed by atoms with Gasteiger partial charge in [-0.2, -0.15) is 0 Å². The van der Waals surface area contributed by atoms with E-state index in [4.69, 9.17) is 17.3 Å². The van der Waals surface area contributed by atoms with Crippen LogP contribution in [0.4, 0.5) is 10.2 Å². The maximum absolute atomic E-state index is 13.3. The Morgan fingerprint density at radius 1 is 1.43 bits per heavy atom. The Morgan fingerprint density at radius 2 is 2.14 bits per heavy atom. The molecule has 72 valence electrons. The van der Waals surface area contributed by atoms with Crippen molar-refractivity contribution in [1.82, 2.24) is 4.98 Å². The standard InChI is InChI=1S/C10H8ClFN2/c1-5-4-6-8(12)3-2-7(11)9(6)14-10(5)13/h2-4H,1H3,(H2,13,14). The van der Waals surface area contributed by atoms with E-state index in [0.717, 1.165) is 5.56 Å². The molecule has 2 aromatic rings. The number of aromatic nitrogens is 1. The predicted molar refractivity (Wildman–Crippen MR) is 55.9 cm³/mol. The van der Waals surface area contributed by atoms with Crippen molar-refractivity contribution in [2.24, 2.45) is 0 Å². The lowest BCUT2D eigenvalue weighted by Gasteiger charge is -2.04. The Labute approximate surface area is 85.5 Å². The van der Waals surface area contributed by atoms with E-state index >= 15 is 0 Å². The summed E-state index contributed by atoms with van der Waals surface area (Å²) in [6, 6.07) is 4.45. The molecular weight excluding hydrogens is 203 g/mol. The van der Waals surface area contributed by atoms with E-state index in [2.05, 4.69) is 4.98 Å². The van der Waals surface area contributed by atoms with Gasteiger partial charge in [-0.15, -0.1) is 0 Å². The van der Waals surface area contributed by atoms with Crippen LogP contribution in [0, 0.1) is 12.7 Å². The molecule has 0 atom stereocenters. The van der Waals surface area contributed by atoms with Gasteiger partial charge in [-0.25, -0.2) is 9.37 Å². The Bertz CT molecular complexity index is 464. The van der Waals surface area contributed by atoms with Crippen molar-refractivity contribution < 1.29 is 4.39 Å². The molecule has 4 heteroatoms. The molecule has 0 saturated carbocycles. The smallest absolute Gasteiger partial charge is 0.132 e. The number of benzene rings is 1. The van der Waals surface area contributed by atoms with Crippen molar-refractivity contribution in [1.29, 1.82) is 0 Å². The molecule has 1 aromatic heterocycles. The summed E-state index contributed by atoms with van der Waals surface area (Å²) in [7, 11) is 0. The van der Waals surface area contributed by atoms with Crippen LogP contribution in [-0.4, -0.2) is 4.98 Å². The second-order valence-electron chi connectivity index (χ2n) is 3.12. The van der Waals surface area contributed by atoms with Crippen LogP contribution >= 0.6 is 11.6 Å². The molecule has 0 radical (unpaired) electrons. The third-order valence-electron chi connectivity index (χ3n) is 2.11. The monoisotopic (exact) mass is 210 g/mol. The van der Waals surface area contributed by atoms with Crippen LogP contribution in [0.25, 0.3) is 10.9 Å². The lowest BCUT2D eigenvalue weighted by Crippen LogP contribution is -1.95. The van der Waals surface area contributed by atoms with Crippen molar-refractivity contribution in [2.75, 3.05) is 5.73 Å². The normalized spacial score (nSPS) is 10.8. The Kier molecular flexibility index (Phi) is 2.04. The van der Waals surface area contributed by atoms with Gasteiger partial charge in [-0.1, -0.05) is 11.6 Å². The Hall–Kier alpha value is -1.35. The first kappa shape index (κ1) is 9.21. The van der Waals surface area contributed by atoms with Gasteiger partial charge in [0, 0.05) is 5.39 Å². The summed E-state index contributed by atoms with van der Waals surface area (Å²) in [5.74, 6) is 0.0463. The number of aryl methyl sites for hydroxylation is 1. The van der Waals surface area contributed by atoms with E-state index in [1.807, 2.05) is 0 Å². The molecule has 0 unspecified atom stereocenters. The number of fused-ring (bicyclic) bond motifs is 1. The molecule has 0 spiro atoms. The van der Waals surface area contributed by atoms with Gasteiger partial charge in [0.1, 0.15) is 11.6 Å². The quantitative estimate of drug-likeness (QED) is 0.726. The van der Waals surface area contributed by atoms with Gasteiger partial charge >= 0.3 is 0 Å². The predicted octanol–water partition coefficient (Wildman–Crippen LogP) is 2.92. The summed E-state index contributed by atoms with van der Waals surface area (Å²) in [6.07, 6.45) is 0. The molecule has 2 N–H and O–H groups in total. The molecule has 0 aliphatic rings. The second-order valence-corrected chi connectivity index (χ2v) is 3.52. The van der Waals surface area contributed by atoms with Gasteiger partial charge in [-0.3, -0.25) is 0 Å². The third kappa shape index (κ3) is 1.30. The zero-order chi connectivity index (χ0) is 10.3. The number of hydrogen-bond donors (Lipinski definition) is 1. The van der Waals surface area contributed by atoms with Gasteiger partial charge < -0.3 is 5.73 Å². The van der Waals surface area contributed by atoms with Gasteiger partial charge in [0.2, 0.25) is 0 Å². The number of rotatable bonds is 0. The van der Waals surface area contributed by atoms with E-state index in [1.165, 1.54) is 12.1 Å². The third-order valence-corrected chi connectivity index (χ3v) is 2.42. The summed E-state index contributed by atoms with van der Waals surface area (Å²) >= 11 is 5.87. The van der Waals surface area contributed by atoms with Gasteiger partial charge in [0.15, 0.2) is 0 Å². The van der Waals surface area contributed by atoms with E-state index in [-0.39, 0.29) is 5.82 Å².